The van der Waals surface area contributed by atoms with Crippen molar-refractivity contribution >= 4 is 27.3 Å². The molecule has 2 N–H and O–H groups in total. The minimum Gasteiger partial charge on any atom is -0.326 e. The molecule has 0 radical (unpaired) electrons. The topological polar surface area (TPSA) is 79.0 Å². The van der Waals surface area contributed by atoms with E-state index in [1.165, 1.54) is 12.1 Å². The average Bonchev–Trinajstić information content (AvgIpc) is 2.37. The van der Waals surface area contributed by atoms with Crippen LogP contribution in [-0.2, 0) is 10.0 Å². The Balaban J connectivity index is 2.37. The number of aryl methyl sites for hydroxylation is 1. The third-order valence-corrected chi connectivity index (χ3v) is 4.21. The highest BCUT2D eigenvalue weighted by molar-refractivity contribution is 7.92. The second kappa shape index (κ2) is 5.26. The van der Waals surface area contributed by atoms with Crippen LogP contribution in [0.25, 0.3) is 0 Å². The summed E-state index contributed by atoms with van der Waals surface area (Å²) in [6.45, 7) is 1.56. The van der Waals surface area contributed by atoms with Crippen molar-refractivity contribution in [2.24, 2.45) is 0 Å². The Morgan fingerprint density at radius 3 is 2.60 bits per heavy atom. The van der Waals surface area contributed by atoms with Crippen LogP contribution in [0.5, 0.6) is 0 Å². The van der Waals surface area contributed by atoms with E-state index in [2.05, 4.69) is 9.71 Å². The van der Waals surface area contributed by atoms with Crippen molar-refractivity contribution in [3.8, 4) is 0 Å². The number of aromatic amines is 1. The van der Waals surface area contributed by atoms with Gasteiger partial charge in [-0.25, -0.2) is 12.8 Å². The fraction of sp³-hybridized carbons (Fsp3) is 0.0833. The Morgan fingerprint density at radius 2 is 2.00 bits per heavy atom. The number of hydrogen-bond acceptors (Lipinski definition) is 3. The van der Waals surface area contributed by atoms with Crippen molar-refractivity contribution in [3.05, 3.63) is 57.2 Å². The Morgan fingerprint density at radius 1 is 1.30 bits per heavy atom. The number of H-pyrrole nitrogens is 1. The Kier molecular flexibility index (Phi) is 3.82. The van der Waals surface area contributed by atoms with E-state index in [1.807, 2.05) is 0 Å². The van der Waals surface area contributed by atoms with E-state index >= 15 is 0 Å². The van der Waals surface area contributed by atoms with Gasteiger partial charge in [-0.2, -0.15) is 0 Å². The van der Waals surface area contributed by atoms with Gasteiger partial charge < -0.3 is 4.98 Å². The summed E-state index contributed by atoms with van der Waals surface area (Å²) < 4.78 is 39.7. The van der Waals surface area contributed by atoms with E-state index in [9.17, 15) is 17.6 Å². The van der Waals surface area contributed by atoms with Crippen LogP contribution in [0.4, 0.5) is 10.1 Å². The molecule has 1 heterocycles. The van der Waals surface area contributed by atoms with Gasteiger partial charge in [-0.1, -0.05) is 17.7 Å². The van der Waals surface area contributed by atoms with Crippen LogP contribution in [0, 0.1) is 12.7 Å². The van der Waals surface area contributed by atoms with Gasteiger partial charge in [-0.05, 0) is 30.7 Å². The molecule has 0 amide bonds. The van der Waals surface area contributed by atoms with Gasteiger partial charge >= 0.3 is 0 Å². The highest BCUT2D eigenvalue weighted by atomic mass is 35.5. The van der Waals surface area contributed by atoms with Crippen LogP contribution in [0.15, 0.2) is 40.2 Å². The third-order valence-electron chi connectivity index (χ3n) is 2.57. The number of sulfonamides is 1. The molecule has 20 heavy (non-hydrogen) atoms. The quantitative estimate of drug-likeness (QED) is 0.911. The van der Waals surface area contributed by atoms with E-state index in [0.29, 0.717) is 5.56 Å². The Hall–Kier alpha value is -1.86. The highest BCUT2D eigenvalue weighted by Crippen LogP contribution is 2.18. The van der Waals surface area contributed by atoms with Crippen molar-refractivity contribution in [2.75, 3.05) is 4.72 Å². The maximum absolute atomic E-state index is 13.4. The number of nitrogens with one attached hydrogen (secondary N) is 2. The molecule has 5 nitrogen and oxygen atoms in total. The minimum absolute atomic E-state index is 0.0791. The first-order chi connectivity index (χ1) is 9.29. The zero-order valence-corrected chi connectivity index (χ0v) is 11.8. The molecule has 1 aromatic heterocycles. The molecule has 0 aliphatic carbocycles. The molecule has 0 saturated heterocycles. The van der Waals surface area contributed by atoms with Crippen LogP contribution in [0.1, 0.15) is 5.56 Å². The van der Waals surface area contributed by atoms with Gasteiger partial charge in [-0.15, -0.1) is 0 Å². The number of anilines is 1. The fourth-order valence-electron chi connectivity index (χ4n) is 1.46. The van der Waals surface area contributed by atoms with E-state index in [1.54, 1.807) is 6.92 Å². The first kappa shape index (κ1) is 14.5. The predicted molar refractivity (Wildman–Crippen MR) is 74.0 cm³/mol. The lowest BCUT2D eigenvalue weighted by Gasteiger charge is -2.08. The van der Waals surface area contributed by atoms with E-state index in [0.717, 1.165) is 18.3 Å². The number of hydrogen-bond donors (Lipinski definition) is 2. The lowest BCUT2D eigenvalue weighted by atomic mass is 10.2. The standard InChI is InChI=1S/C12H10ClFN2O3S/c1-7-2-3-8(4-11(7)14)16-20(18,19)9-5-10(13)12(17)15-6-9/h2-6,16H,1H3,(H,15,17). The van der Waals surface area contributed by atoms with Crippen LogP contribution in [0.2, 0.25) is 5.02 Å². The summed E-state index contributed by atoms with van der Waals surface area (Å²) in [5, 5.41) is -0.247. The first-order valence-electron chi connectivity index (χ1n) is 5.47. The lowest BCUT2D eigenvalue weighted by molar-refractivity contribution is 0.600. The van der Waals surface area contributed by atoms with Gasteiger partial charge in [0.05, 0.1) is 5.69 Å². The molecular weight excluding hydrogens is 307 g/mol. The summed E-state index contributed by atoms with van der Waals surface area (Å²) in [6, 6.07) is 4.98. The van der Waals surface area contributed by atoms with Crippen LogP contribution in [0.3, 0.4) is 0 Å². The van der Waals surface area contributed by atoms with Gasteiger partial charge in [0.2, 0.25) is 0 Å². The summed E-state index contributed by atoms with van der Waals surface area (Å²) in [5.41, 5.74) is -0.109. The zero-order valence-electron chi connectivity index (χ0n) is 10.3. The van der Waals surface area contributed by atoms with E-state index in [-0.39, 0.29) is 15.6 Å². The minimum atomic E-state index is -3.95. The summed E-state index contributed by atoms with van der Waals surface area (Å²) in [7, 11) is -3.95. The highest BCUT2D eigenvalue weighted by Gasteiger charge is 2.16. The Bertz CT molecular complexity index is 818. The molecule has 0 aliphatic heterocycles. The largest absolute Gasteiger partial charge is 0.326 e. The number of halogens is 2. The number of rotatable bonds is 3. The smallest absolute Gasteiger partial charge is 0.266 e. The molecule has 106 valence electrons. The summed E-state index contributed by atoms with van der Waals surface area (Å²) in [5.74, 6) is -0.523. The second-order valence-corrected chi connectivity index (χ2v) is 6.17. The molecule has 2 aromatic rings. The fourth-order valence-corrected chi connectivity index (χ4v) is 2.74. The van der Waals surface area contributed by atoms with Crippen molar-refractivity contribution in [3.63, 3.8) is 0 Å². The molecule has 8 heteroatoms. The van der Waals surface area contributed by atoms with Crippen LogP contribution in [-0.4, -0.2) is 13.4 Å². The predicted octanol–water partition coefficient (Wildman–Crippen LogP) is 2.28. The second-order valence-electron chi connectivity index (χ2n) is 4.08. The molecule has 0 bridgehead atoms. The molecule has 1 aromatic carbocycles. The molecular formula is C12H10ClFN2O3S. The zero-order chi connectivity index (χ0) is 14.9. The van der Waals surface area contributed by atoms with Gasteiger partial charge in [0.1, 0.15) is 15.7 Å². The van der Waals surface area contributed by atoms with E-state index in [4.69, 9.17) is 11.6 Å². The maximum Gasteiger partial charge on any atom is 0.266 e. The van der Waals surface area contributed by atoms with Crippen molar-refractivity contribution in [1.82, 2.24) is 4.98 Å². The number of aromatic nitrogens is 1. The van der Waals surface area contributed by atoms with E-state index < -0.39 is 21.4 Å². The number of benzene rings is 1. The average molecular weight is 317 g/mol. The number of pyridine rings is 1. The molecule has 0 unspecified atom stereocenters. The molecule has 0 saturated carbocycles. The Labute approximate surface area is 119 Å². The van der Waals surface area contributed by atoms with Crippen molar-refractivity contribution in [2.45, 2.75) is 11.8 Å². The summed E-state index contributed by atoms with van der Waals surface area (Å²) >= 11 is 5.57. The molecule has 0 fully saturated rings. The van der Waals surface area contributed by atoms with Crippen molar-refractivity contribution in [1.29, 1.82) is 0 Å². The summed E-state index contributed by atoms with van der Waals surface area (Å²) in [6.07, 6.45) is 1.01. The van der Waals surface area contributed by atoms with Gasteiger partial charge in [-0.3, -0.25) is 9.52 Å². The maximum atomic E-state index is 13.4. The molecule has 0 atom stereocenters. The normalized spacial score (nSPS) is 11.3. The van der Waals surface area contributed by atoms with Gasteiger partial charge in [0.25, 0.3) is 15.6 Å². The lowest BCUT2D eigenvalue weighted by Crippen LogP contribution is -2.16. The monoisotopic (exact) mass is 316 g/mol. The molecule has 0 aliphatic rings. The summed E-state index contributed by atoms with van der Waals surface area (Å²) in [4.78, 5) is 13.1. The van der Waals surface area contributed by atoms with Gasteiger partial charge in [0.15, 0.2) is 0 Å². The van der Waals surface area contributed by atoms with Crippen LogP contribution >= 0.6 is 11.6 Å². The van der Waals surface area contributed by atoms with Crippen LogP contribution < -0.4 is 10.3 Å². The SMILES string of the molecule is Cc1ccc(NS(=O)(=O)c2c[nH]c(=O)c(Cl)c2)cc1F. The third kappa shape index (κ3) is 3.00. The van der Waals surface area contributed by atoms with Gasteiger partial charge in [0, 0.05) is 6.20 Å². The first-order valence-corrected chi connectivity index (χ1v) is 7.33. The van der Waals surface area contributed by atoms with Crippen molar-refractivity contribution < 1.29 is 12.8 Å². The molecule has 0 spiro atoms. The molecule has 2 rings (SSSR count).